The Morgan fingerprint density at radius 1 is 0.837 bits per heavy atom. The number of rotatable bonds is 6. The maximum atomic E-state index is 14.2. The second-order valence-corrected chi connectivity index (χ2v) is 11.2. The molecule has 14 nitrogen and oxygen atoms in total. The molecule has 2 aliphatic heterocycles. The summed E-state index contributed by atoms with van der Waals surface area (Å²) in [7, 11) is 0. The van der Waals surface area contributed by atoms with E-state index in [1.807, 2.05) is 0 Å². The minimum atomic E-state index is -1.66. The van der Waals surface area contributed by atoms with Gasteiger partial charge in [-0.25, -0.2) is 14.6 Å². The normalized spacial score (nSPS) is 29.3. The lowest BCUT2D eigenvalue weighted by atomic mass is 9.43. The molecule has 2 bridgehead atoms. The molecule has 2 unspecified atom stereocenters. The summed E-state index contributed by atoms with van der Waals surface area (Å²) in [5.41, 5.74) is -1.71. The first kappa shape index (κ1) is 28.5. The molecule has 4 amide bonds. The summed E-state index contributed by atoms with van der Waals surface area (Å²) in [4.78, 5) is 71.8. The van der Waals surface area contributed by atoms with Crippen LogP contribution in [0.3, 0.4) is 0 Å². The van der Waals surface area contributed by atoms with Crippen LogP contribution in [-0.2, 0) is 28.7 Å². The molecular weight excluding hydrogens is 564 g/mol. The monoisotopic (exact) mass is 590 g/mol. The quantitative estimate of drug-likeness (QED) is 0.284. The van der Waals surface area contributed by atoms with E-state index >= 15 is 0 Å². The SMILES string of the molecule is CCOC(=O)C1=C(C)C2[C@H]3C(=O)N(c4cccc(N([O-])O)c4)C(=O)[C@@H]3C1(C)[C@H]1C(=O)N(c3cccc(N([O-])O)c3)C(=O)[C@@H]21. The molecule has 224 valence electrons. The van der Waals surface area contributed by atoms with E-state index in [0.717, 1.165) is 21.9 Å². The molecule has 5 aliphatic rings. The van der Waals surface area contributed by atoms with Gasteiger partial charge in [0.05, 0.1) is 53.0 Å². The lowest BCUT2D eigenvalue weighted by Crippen LogP contribution is -2.61. The van der Waals surface area contributed by atoms with Crippen LogP contribution in [0.4, 0.5) is 22.7 Å². The first-order valence-corrected chi connectivity index (χ1v) is 13.5. The highest BCUT2D eigenvalue weighted by molar-refractivity contribution is 6.27. The smallest absolute Gasteiger partial charge is 0.334 e. The lowest BCUT2D eigenvalue weighted by Gasteiger charge is -2.55. The minimum Gasteiger partial charge on any atom is -0.733 e. The molecule has 1 saturated carbocycles. The van der Waals surface area contributed by atoms with Crippen LogP contribution in [0.1, 0.15) is 20.8 Å². The highest BCUT2D eigenvalue weighted by Crippen LogP contribution is 2.68. The summed E-state index contributed by atoms with van der Waals surface area (Å²) in [5, 5.41) is 41.0. The van der Waals surface area contributed by atoms with Crippen LogP contribution in [0.2, 0.25) is 0 Å². The number of carbonyl (C=O) groups excluding carboxylic acids is 5. The summed E-state index contributed by atoms with van der Waals surface area (Å²) in [6.45, 7) is 4.70. The van der Waals surface area contributed by atoms with Crippen molar-refractivity contribution < 1.29 is 39.1 Å². The van der Waals surface area contributed by atoms with Crippen molar-refractivity contribution in [3.8, 4) is 0 Å². The number of anilines is 4. The van der Waals surface area contributed by atoms with E-state index in [0.29, 0.717) is 5.57 Å². The standard InChI is InChI=1S/C29H26N4O10/c1-4-43-28(38)21-13(2)18-19-22(26(36)30(24(19)34)14-7-5-9-16(11-14)32(39)40)29(21,3)23-20(18)25(35)31(27(23)37)15-8-6-10-17(12-15)33(41)42/h5-12,18-20,22-23,39,41H,4H2,1-3H3/q-2/t18?,19-,20+,22-,23-,29?/m1/s1. The first-order valence-electron chi connectivity index (χ1n) is 13.5. The molecule has 2 heterocycles. The molecule has 3 fully saturated rings. The van der Waals surface area contributed by atoms with Gasteiger partial charge in [-0.2, -0.15) is 0 Å². The van der Waals surface area contributed by atoms with Gasteiger partial charge < -0.3 is 25.6 Å². The summed E-state index contributed by atoms with van der Waals surface area (Å²) < 4.78 is 5.35. The molecule has 43 heavy (non-hydrogen) atoms. The van der Waals surface area contributed by atoms with E-state index < -0.39 is 75.1 Å². The van der Waals surface area contributed by atoms with Crippen LogP contribution in [0.5, 0.6) is 0 Å². The Morgan fingerprint density at radius 3 is 1.67 bits per heavy atom. The highest BCUT2D eigenvalue weighted by Gasteiger charge is 2.77. The number of imide groups is 2. The molecule has 0 radical (unpaired) electrons. The zero-order chi connectivity index (χ0) is 31.1. The third-order valence-corrected chi connectivity index (χ3v) is 9.30. The third-order valence-electron chi connectivity index (χ3n) is 9.30. The van der Waals surface area contributed by atoms with Gasteiger partial charge in [-0.05, 0) is 50.2 Å². The van der Waals surface area contributed by atoms with Gasteiger partial charge >= 0.3 is 5.97 Å². The van der Waals surface area contributed by atoms with Crippen molar-refractivity contribution in [3.63, 3.8) is 0 Å². The van der Waals surface area contributed by atoms with Gasteiger partial charge in [-0.1, -0.05) is 24.6 Å². The second-order valence-electron chi connectivity index (χ2n) is 11.2. The van der Waals surface area contributed by atoms with E-state index in [-0.39, 0.29) is 34.9 Å². The summed E-state index contributed by atoms with van der Waals surface area (Å²) in [6.07, 6.45) is 0. The van der Waals surface area contributed by atoms with Crippen molar-refractivity contribution in [2.24, 2.45) is 35.0 Å². The summed E-state index contributed by atoms with van der Waals surface area (Å²) >= 11 is 0. The van der Waals surface area contributed by atoms with Crippen molar-refractivity contribution in [1.82, 2.24) is 0 Å². The maximum Gasteiger partial charge on any atom is 0.334 e. The minimum absolute atomic E-state index is 0.00237. The number of esters is 1. The molecule has 3 aliphatic carbocycles. The van der Waals surface area contributed by atoms with Crippen LogP contribution in [-0.4, -0.2) is 46.6 Å². The fraction of sp³-hybridized carbons (Fsp3) is 0.345. The van der Waals surface area contributed by atoms with Crippen molar-refractivity contribution in [2.75, 3.05) is 26.9 Å². The average Bonchev–Trinajstić information content (AvgIpc) is 3.39. The number of benzene rings is 2. The van der Waals surface area contributed by atoms with E-state index in [2.05, 4.69) is 0 Å². The molecular formula is C29H26N4O10-2. The zero-order valence-corrected chi connectivity index (χ0v) is 23.2. The number of nitrogens with zero attached hydrogens (tertiary/aromatic N) is 4. The van der Waals surface area contributed by atoms with E-state index in [9.17, 15) is 44.8 Å². The number of allylic oxidation sites excluding steroid dienone is 1. The molecule has 0 spiro atoms. The molecule has 7 rings (SSSR count). The van der Waals surface area contributed by atoms with Gasteiger partial charge in [0.1, 0.15) is 0 Å². The van der Waals surface area contributed by atoms with Gasteiger partial charge in [0.25, 0.3) is 0 Å². The second kappa shape index (κ2) is 9.70. The largest absolute Gasteiger partial charge is 0.733 e. The summed E-state index contributed by atoms with van der Waals surface area (Å²) in [5.74, 6) is -9.36. The van der Waals surface area contributed by atoms with Crippen LogP contribution in [0.25, 0.3) is 0 Å². The number of carbonyl (C=O) groups is 5. The molecule has 2 aromatic carbocycles. The summed E-state index contributed by atoms with van der Waals surface area (Å²) in [6, 6.07) is 10.4. The Morgan fingerprint density at radius 2 is 1.28 bits per heavy atom. The van der Waals surface area contributed by atoms with Crippen molar-refractivity contribution in [1.29, 1.82) is 0 Å². The Hall–Kier alpha value is -4.63. The molecule has 0 aromatic heterocycles. The van der Waals surface area contributed by atoms with Crippen molar-refractivity contribution in [2.45, 2.75) is 20.8 Å². The highest BCUT2D eigenvalue weighted by atomic mass is 16.8. The predicted octanol–water partition coefficient (Wildman–Crippen LogP) is 2.51. The number of ether oxygens (including phenoxy) is 1. The topological polar surface area (TPSA) is 194 Å². The van der Waals surface area contributed by atoms with Gasteiger partial charge in [-0.15, -0.1) is 0 Å². The number of hydrogen-bond donors (Lipinski definition) is 2. The van der Waals surface area contributed by atoms with Gasteiger partial charge in [0.15, 0.2) is 0 Å². The van der Waals surface area contributed by atoms with E-state index in [4.69, 9.17) is 4.74 Å². The van der Waals surface area contributed by atoms with Crippen molar-refractivity contribution in [3.05, 3.63) is 70.1 Å². The number of hydrogen-bond acceptors (Lipinski definition) is 12. The fourth-order valence-corrected chi connectivity index (χ4v) is 7.82. The Balaban J connectivity index is 1.52. The molecule has 14 heteroatoms. The first-order chi connectivity index (χ1) is 20.4. The van der Waals surface area contributed by atoms with Crippen LogP contribution in [0.15, 0.2) is 59.7 Å². The van der Waals surface area contributed by atoms with Crippen LogP contribution in [0, 0.1) is 45.4 Å². The van der Waals surface area contributed by atoms with Crippen molar-refractivity contribution >= 4 is 52.3 Å². The molecule has 2 N–H and O–H groups in total. The maximum absolute atomic E-state index is 14.2. The van der Waals surface area contributed by atoms with Gasteiger partial charge in [-0.3, -0.25) is 29.6 Å². The average molecular weight is 591 g/mol. The fourth-order valence-electron chi connectivity index (χ4n) is 7.82. The zero-order valence-electron chi connectivity index (χ0n) is 23.2. The Kier molecular flexibility index (Phi) is 6.43. The number of amides is 4. The van der Waals surface area contributed by atoms with Gasteiger partial charge in [0, 0.05) is 16.9 Å². The van der Waals surface area contributed by atoms with Crippen LogP contribution >= 0.6 is 0 Å². The third kappa shape index (κ3) is 3.70. The molecule has 2 aromatic rings. The molecule has 2 saturated heterocycles. The Labute approximate surface area is 244 Å². The van der Waals surface area contributed by atoms with E-state index in [1.54, 1.807) is 13.8 Å². The molecule has 6 atom stereocenters. The predicted molar refractivity (Wildman–Crippen MR) is 148 cm³/mol. The van der Waals surface area contributed by atoms with E-state index in [1.165, 1.54) is 43.3 Å². The van der Waals surface area contributed by atoms with Gasteiger partial charge in [0.2, 0.25) is 23.6 Å². The Bertz CT molecular complexity index is 1540. The van der Waals surface area contributed by atoms with Crippen LogP contribution < -0.4 is 20.3 Å². The lowest BCUT2D eigenvalue weighted by molar-refractivity contribution is -0.155.